The highest BCUT2D eigenvalue weighted by Crippen LogP contribution is 2.26. The minimum Gasteiger partial charge on any atom is -0.300 e. The Hall–Kier alpha value is -1.97. The first-order valence-electron chi connectivity index (χ1n) is 6.21. The normalized spacial score (nSPS) is 13.4. The summed E-state index contributed by atoms with van der Waals surface area (Å²) in [5.41, 5.74) is -0.188. The van der Waals surface area contributed by atoms with Crippen LogP contribution in [-0.2, 0) is 4.79 Å². The monoisotopic (exact) mass is 261 g/mol. The van der Waals surface area contributed by atoms with Gasteiger partial charge in [-0.2, -0.15) is 0 Å². The van der Waals surface area contributed by atoms with Crippen LogP contribution < -0.4 is 0 Å². The third-order valence-electron chi connectivity index (χ3n) is 3.21. The van der Waals surface area contributed by atoms with E-state index in [0.29, 0.717) is 0 Å². The lowest BCUT2D eigenvalue weighted by Crippen LogP contribution is -2.39. The highest BCUT2D eigenvalue weighted by atomic mass is 16.6. The van der Waals surface area contributed by atoms with E-state index < -0.39 is 11.5 Å². The molecule has 102 valence electrons. The van der Waals surface area contributed by atoms with Gasteiger partial charge in [-0.1, -0.05) is 42.5 Å². The van der Waals surface area contributed by atoms with Crippen LogP contribution in [-0.4, -0.2) is 16.2 Å². The molecule has 1 rings (SSSR count). The highest BCUT2D eigenvalue weighted by Gasteiger charge is 2.39. The minimum atomic E-state index is -1.16. The van der Waals surface area contributed by atoms with Gasteiger partial charge in [0.2, 0.25) is 5.54 Å². The Morgan fingerprint density at radius 3 is 2.42 bits per heavy atom. The van der Waals surface area contributed by atoms with E-state index in [1.54, 1.807) is 19.9 Å². The van der Waals surface area contributed by atoms with Crippen molar-refractivity contribution in [3.05, 3.63) is 52.1 Å². The van der Waals surface area contributed by atoms with Gasteiger partial charge in [0, 0.05) is 25.2 Å². The predicted octanol–water partition coefficient (Wildman–Crippen LogP) is 3.35. The number of nitro groups is 1. The van der Waals surface area contributed by atoms with E-state index in [9.17, 15) is 14.9 Å². The fourth-order valence-electron chi connectivity index (χ4n) is 1.79. The molecule has 1 aromatic rings. The Morgan fingerprint density at radius 1 is 1.37 bits per heavy atom. The van der Waals surface area contributed by atoms with E-state index in [4.69, 9.17) is 0 Å². The molecule has 0 spiro atoms. The van der Waals surface area contributed by atoms with Gasteiger partial charge in [-0.25, -0.2) is 0 Å². The molecule has 0 aliphatic carbocycles. The zero-order chi connectivity index (χ0) is 14.5. The van der Waals surface area contributed by atoms with Crippen LogP contribution in [0, 0.1) is 16.0 Å². The molecule has 0 bridgehead atoms. The van der Waals surface area contributed by atoms with Gasteiger partial charge in [-0.05, 0) is 12.5 Å². The number of rotatable bonds is 6. The fourth-order valence-corrected chi connectivity index (χ4v) is 1.79. The van der Waals surface area contributed by atoms with Crippen molar-refractivity contribution in [2.45, 2.75) is 32.7 Å². The molecule has 0 aromatic heterocycles. The van der Waals surface area contributed by atoms with Gasteiger partial charge < -0.3 is 4.79 Å². The molecule has 0 unspecified atom stereocenters. The fraction of sp³-hybridized carbons (Fsp3) is 0.400. The molecule has 19 heavy (non-hydrogen) atoms. The third-order valence-corrected chi connectivity index (χ3v) is 3.21. The summed E-state index contributed by atoms with van der Waals surface area (Å²) in [6.45, 7) is 4.56. The number of hydrogen-bond acceptors (Lipinski definition) is 3. The molecule has 0 saturated carbocycles. The van der Waals surface area contributed by atoms with Gasteiger partial charge >= 0.3 is 0 Å². The molecule has 1 aromatic carbocycles. The first-order chi connectivity index (χ1) is 8.84. The van der Waals surface area contributed by atoms with Crippen LogP contribution in [0.15, 0.2) is 36.4 Å². The van der Waals surface area contributed by atoms with Crippen molar-refractivity contribution in [2.75, 3.05) is 0 Å². The van der Waals surface area contributed by atoms with E-state index in [1.165, 1.54) is 6.92 Å². The molecule has 4 heteroatoms. The summed E-state index contributed by atoms with van der Waals surface area (Å²) in [6.07, 6.45) is 3.77. The molecular formula is C15H19NO3. The summed E-state index contributed by atoms with van der Waals surface area (Å²) in [7, 11) is 0. The van der Waals surface area contributed by atoms with Crippen LogP contribution in [0.5, 0.6) is 0 Å². The van der Waals surface area contributed by atoms with Gasteiger partial charge in [0.1, 0.15) is 5.78 Å². The molecule has 0 fully saturated rings. The number of carbonyl (C=O) groups is 1. The van der Waals surface area contributed by atoms with E-state index in [1.807, 2.05) is 36.4 Å². The molecule has 0 aliphatic rings. The first kappa shape index (κ1) is 15.1. The second-order valence-corrected chi connectivity index (χ2v) is 5.19. The van der Waals surface area contributed by atoms with Crippen molar-refractivity contribution in [2.24, 2.45) is 5.92 Å². The van der Waals surface area contributed by atoms with Gasteiger partial charge in [-0.3, -0.25) is 10.1 Å². The lowest BCUT2D eigenvalue weighted by Gasteiger charge is -2.23. The van der Waals surface area contributed by atoms with Crippen molar-refractivity contribution in [1.82, 2.24) is 0 Å². The summed E-state index contributed by atoms with van der Waals surface area (Å²) in [5.74, 6) is -0.460. The summed E-state index contributed by atoms with van der Waals surface area (Å²) in [6, 6.07) is 9.54. The van der Waals surface area contributed by atoms with Crippen LogP contribution in [0.1, 0.15) is 32.8 Å². The average molecular weight is 261 g/mol. The molecule has 0 heterocycles. The van der Waals surface area contributed by atoms with Crippen molar-refractivity contribution >= 4 is 11.9 Å². The SMILES string of the molecule is CC(=O)C[C@@H](/C=C/c1ccccc1)C(C)(C)[N+](=O)[O-]. The van der Waals surface area contributed by atoms with Crippen LogP contribution >= 0.6 is 0 Å². The summed E-state index contributed by atoms with van der Waals surface area (Å²) < 4.78 is 0. The second kappa shape index (κ2) is 6.27. The highest BCUT2D eigenvalue weighted by molar-refractivity contribution is 5.76. The molecule has 0 saturated heterocycles. The quantitative estimate of drug-likeness (QED) is 0.582. The van der Waals surface area contributed by atoms with Crippen molar-refractivity contribution in [3.63, 3.8) is 0 Å². The van der Waals surface area contributed by atoms with Gasteiger partial charge in [0.05, 0.1) is 5.92 Å². The smallest absolute Gasteiger partial charge is 0.223 e. The Bertz CT molecular complexity index is 477. The Labute approximate surface area is 113 Å². The second-order valence-electron chi connectivity index (χ2n) is 5.19. The largest absolute Gasteiger partial charge is 0.300 e. The van der Waals surface area contributed by atoms with E-state index >= 15 is 0 Å². The lowest BCUT2D eigenvalue weighted by atomic mass is 9.83. The Morgan fingerprint density at radius 2 is 1.95 bits per heavy atom. The Kier molecular flexibility index (Phi) is 4.98. The van der Waals surface area contributed by atoms with E-state index in [2.05, 4.69) is 0 Å². The third kappa shape index (κ3) is 4.32. The van der Waals surface area contributed by atoms with Crippen LogP contribution in [0.2, 0.25) is 0 Å². The van der Waals surface area contributed by atoms with E-state index in [-0.39, 0.29) is 17.1 Å². The predicted molar refractivity (Wildman–Crippen MR) is 75.3 cm³/mol. The van der Waals surface area contributed by atoms with Crippen LogP contribution in [0.25, 0.3) is 6.08 Å². The Balaban J connectivity index is 2.96. The number of ketones is 1. The zero-order valence-corrected chi connectivity index (χ0v) is 11.5. The molecule has 0 amide bonds. The van der Waals surface area contributed by atoms with Gasteiger partial charge in [0.25, 0.3) is 0 Å². The zero-order valence-electron chi connectivity index (χ0n) is 11.5. The molecule has 0 radical (unpaired) electrons. The van der Waals surface area contributed by atoms with Crippen molar-refractivity contribution < 1.29 is 9.72 Å². The van der Waals surface area contributed by atoms with Gasteiger partial charge in [0.15, 0.2) is 0 Å². The number of benzene rings is 1. The summed E-state index contributed by atoms with van der Waals surface area (Å²) >= 11 is 0. The number of hydrogen-bond donors (Lipinski definition) is 0. The standard InChI is InChI=1S/C15H19NO3/c1-12(17)11-14(15(2,3)16(18)19)10-9-13-7-5-4-6-8-13/h4-10,14H,11H2,1-3H3/b10-9+/t14-/m1/s1. The molecule has 0 aliphatic heterocycles. The molecular weight excluding hydrogens is 242 g/mol. The van der Waals surface area contributed by atoms with Crippen LogP contribution in [0.3, 0.4) is 0 Å². The molecule has 1 atom stereocenters. The summed E-state index contributed by atoms with van der Waals surface area (Å²) in [4.78, 5) is 22.1. The molecule has 0 N–H and O–H groups in total. The average Bonchev–Trinajstić information content (AvgIpc) is 2.35. The maximum absolute atomic E-state index is 11.3. The topological polar surface area (TPSA) is 60.2 Å². The maximum Gasteiger partial charge on any atom is 0.223 e. The molecule has 4 nitrogen and oxygen atoms in total. The van der Waals surface area contributed by atoms with Crippen molar-refractivity contribution in [3.8, 4) is 0 Å². The lowest BCUT2D eigenvalue weighted by molar-refractivity contribution is -0.568. The number of Topliss-reactive ketones (excluding diaryl/α,β-unsaturated/α-hetero) is 1. The first-order valence-corrected chi connectivity index (χ1v) is 6.21. The number of carbonyl (C=O) groups excluding carboxylic acids is 1. The van der Waals surface area contributed by atoms with Gasteiger partial charge in [-0.15, -0.1) is 0 Å². The van der Waals surface area contributed by atoms with Crippen LogP contribution in [0.4, 0.5) is 0 Å². The summed E-state index contributed by atoms with van der Waals surface area (Å²) in [5, 5.41) is 11.1. The minimum absolute atomic E-state index is 0.0439. The van der Waals surface area contributed by atoms with Crippen molar-refractivity contribution in [1.29, 1.82) is 0 Å². The maximum atomic E-state index is 11.3. The van der Waals surface area contributed by atoms with E-state index in [0.717, 1.165) is 5.56 Å². The number of nitrogens with zero attached hydrogens (tertiary/aromatic N) is 1.